The molecule has 17 amide bonds. The van der Waals surface area contributed by atoms with E-state index in [2.05, 4.69) is 42.5 Å². The molecule has 640 valence electrons. The van der Waals surface area contributed by atoms with Crippen molar-refractivity contribution in [2.24, 2.45) is 5.73 Å². The number of aliphatic carboxylic acids is 1. The average Bonchev–Trinajstić information content (AvgIpc) is 1.66. The molecule has 0 aromatic rings. The molecular formula is C73H109N19O24. The zero-order valence-corrected chi connectivity index (χ0v) is 64.8. The van der Waals surface area contributed by atoms with Gasteiger partial charge in [0, 0.05) is 97.6 Å². The van der Waals surface area contributed by atoms with Crippen LogP contribution in [0.3, 0.4) is 0 Å². The third-order valence-electron chi connectivity index (χ3n) is 24.1. The minimum absolute atomic E-state index is 0.0180. The molecule has 11 heterocycles. The number of nitrogens with one attached hydrogen (secondary N) is 8. The largest absolute Gasteiger partial charge is 0.480 e. The molecule has 0 aromatic carbocycles. The number of rotatable bonds is 29. The van der Waals surface area contributed by atoms with Crippen molar-refractivity contribution in [3.05, 3.63) is 0 Å². The summed E-state index contributed by atoms with van der Waals surface area (Å²) in [5.41, 5.74) is 5.78. The Balaban J connectivity index is 0.620. The number of likely N-dealkylation sites (tertiary alicyclic amines) is 10. The Labute approximate surface area is 667 Å². The van der Waals surface area contributed by atoms with Crippen molar-refractivity contribution in [2.45, 2.75) is 231 Å². The first-order valence-corrected chi connectivity index (χ1v) is 40.4. The van der Waals surface area contributed by atoms with Crippen molar-refractivity contribution < 1.29 is 117 Å². The predicted molar refractivity (Wildman–Crippen MR) is 396 cm³/mol. The number of nitrogens with two attached hydrogens (primary N) is 1. The summed E-state index contributed by atoms with van der Waals surface area (Å²) in [5, 5.41) is 82.9. The summed E-state index contributed by atoms with van der Waals surface area (Å²) in [5.74, 6) is -13.0. The molecule has 11 fully saturated rings. The predicted octanol–water partition coefficient (Wildman–Crippen LogP) is -11.1. The quantitative estimate of drug-likeness (QED) is 0.0309. The fraction of sp³-hybridized carbons (Fsp3) is 0.753. The van der Waals surface area contributed by atoms with E-state index in [9.17, 15) is 112 Å². The van der Waals surface area contributed by atoms with Gasteiger partial charge < -0.3 is 128 Å². The van der Waals surface area contributed by atoms with Crippen molar-refractivity contribution in [2.75, 3.05) is 118 Å². The van der Waals surface area contributed by atoms with Crippen molar-refractivity contribution in [3.8, 4) is 0 Å². The Hall–Kier alpha value is -9.82. The van der Waals surface area contributed by atoms with Gasteiger partial charge in [0.25, 0.3) is 0 Å². The third-order valence-corrected chi connectivity index (χ3v) is 24.1. The highest BCUT2D eigenvalue weighted by Crippen LogP contribution is 2.32. The van der Waals surface area contributed by atoms with Crippen LogP contribution in [0.15, 0.2) is 0 Å². The lowest BCUT2D eigenvalue weighted by Gasteiger charge is -2.32. The van der Waals surface area contributed by atoms with Crippen molar-refractivity contribution in [1.29, 1.82) is 0 Å². The van der Waals surface area contributed by atoms with Gasteiger partial charge in [0.15, 0.2) is 0 Å². The van der Waals surface area contributed by atoms with E-state index in [4.69, 9.17) is 10.8 Å². The average molecular weight is 1640 g/mol. The highest BCUT2D eigenvalue weighted by molar-refractivity contribution is 6.01. The van der Waals surface area contributed by atoms with E-state index in [1.165, 1.54) is 29.4 Å². The molecule has 11 aliphatic heterocycles. The van der Waals surface area contributed by atoms with E-state index >= 15 is 0 Å². The van der Waals surface area contributed by atoms with E-state index in [-0.39, 0.29) is 149 Å². The number of nitrogens with zero attached hydrogens (tertiary/aromatic N) is 10. The normalized spacial score (nSPS) is 29.3. The summed E-state index contributed by atoms with van der Waals surface area (Å²) < 4.78 is 0. The SMILES string of the molecule is NCCCC[C@H](NC(=O)[C@@H]1CCCN1C(=O)CNC(=O)[C@@H]1C[C@@H](O)CN1C(=O)[C@@H]1CCCN1C(=O)CNC(=O)[C@@H]1C[C@@H](O)CN1C(=O)[C@@H]1CCCN1)C(=O)NCC(=O)N1CCC[C@H]1C(=O)N1C[C@H](O)C[C@H]1C(=O)NCC(=O)N1CCC[C@H]1C(=O)N1C[C@H](O)C[C@H]1C(=O)NCC(=O)N1CCC[C@H]1C(=O)N1C[C@H](O)C[C@H]1C(=O)NCC(=O)O. The first kappa shape index (κ1) is 87.0. The van der Waals surface area contributed by atoms with E-state index in [0.717, 1.165) is 26.0 Å². The maximum absolute atomic E-state index is 14.4. The van der Waals surface area contributed by atoms with E-state index in [0.29, 0.717) is 57.9 Å². The Bertz CT molecular complexity index is 3780. The molecule has 17 atom stereocenters. The van der Waals surface area contributed by atoms with Gasteiger partial charge in [0.05, 0.1) is 69.3 Å². The molecule has 0 aromatic heterocycles. The molecule has 116 heavy (non-hydrogen) atoms. The van der Waals surface area contributed by atoms with Crippen LogP contribution in [0.4, 0.5) is 0 Å². The minimum Gasteiger partial charge on any atom is -0.480 e. The molecular weight excluding hydrogens is 1530 g/mol. The number of β-amino-alcohol motifs (C(OH)–C–C–N with tert-alkyl or cyclic N) is 5. The molecule has 0 spiro atoms. The first-order chi connectivity index (χ1) is 55.4. The van der Waals surface area contributed by atoms with Crippen LogP contribution >= 0.6 is 0 Å². The maximum Gasteiger partial charge on any atom is 0.322 e. The van der Waals surface area contributed by atoms with Gasteiger partial charge in [-0.25, -0.2) is 0 Å². The van der Waals surface area contributed by atoms with Crippen molar-refractivity contribution in [3.63, 3.8) is 0 Å². The lowest BCUT2D eigenvalue weighted by atomic mass is 10.1. The molecule has 0 bridgehead atoms. The second-order valence-corrected chi connectivity index (χ2v) is 31.9. The number of hydrogen-bond donors (Lipinski definition) is 15. The zero-order chi connectivity index (χ0) is 83.5. The van der Waals surface area contributed by atoms with Crippen LogP contribution in [0.2, 0.25) is 0 Å². The number of amides is 17. The van der Waals surface area contributed by atoms with Crippen LogP contribution in [0.25, 0.3) is 0 Å². The van der Waals surface area contributed by atoms with Crippen LogP contribution in [0, 0.1) is 0 Å². The molecule has 0 radical (unpaired) electrons. The maximum atomic E-state index is 14.4. The highest BCUT2D eigenvalue weighted by atomic mass is 16.4. The van der Waals surface area contributed by atoms with Gasteiger partial charge >= 0.3 is 5.97 Å². The smallest absolute Gasteiger partial charge is 0.322 e. The molecule has 0 aliphatic carbocycles. The molecule has 11 aliphatic rings. The number of carbonyl (C=O) groups excluding carboxylic acids is 17. The van der Waals surface area contributed by atoms with Crippen LogP contribution in [-0.2, 0) is 86.3 Å². The second kappa shape index (κ2) is 39.0. The number of aliphatic hydroxyl groups excluding tert-OH is 5. The Morgan fingerprint density at radius 3 is 0.905 bits per heavy atom. The Morgan fingerprint density at radius 2 is 0.612 bits per heavy atom. The monoisotopic (exact) mass is 1640 g/mol. The Kier molecular flexibility index (Phi) is 29.2. The van der Waals surface area contributed by atoms with Gasteiger partial charge in [-0.2, -0.15) is 0 Å². The summed E-state index contributed by atoms with van der Waals surface area (Å²) in [7, 11) is 0. The third kappa shape index (κ3) is 20.2. The number of unbranched alkanes of at least 4 members (excludes halogenated alkanes) is 1. The van der Waals surface area contributed by atoms with Crippen molar-refractivity contribution >= 4 is 106 Å². The topological polar surface area (TPSA) is 583 Å². The molecule has 0 unspecified atom stereocenters. The van der Waals surface area contributed by atoms with Gasteiger partial charge in [-0.05, 0) is 109 Å². The molecule has 16 N–H and O–H groups in total. The van der Waals surface area contributed by atoms with Gasteiger partial charge in [-0.3, -0.25) is 86.3 Å². The zero-order valence-electron chi connectivity index (χ0n) is 64.8. The van der Waals surface area contributed by atoms with Crippen LogP contribution < -0.4 is 48.3 Å². The fourth-order valence-corrected chi connectivity index (χ4v) is 18.2. The first-order valence-electron chi connectivity index (χ1n) is 40.4. The number of hydrogen-bond acceptors (Lipinski definition) is 25. The summed E-state index contributed by atoms with van der Waals surface area (Å²) in [4.78, 5) is 258. The molecule has 0 saturated carbocycles. The number of carbonyl (C=O) groups is 18. The number of aliphatic hydroxyl groups is 5. The van der Waals surface area contributed by atoms with Crippen LogP contribution in [0.5, 0.6) is 0 Å². The van der Waals surface area contributed by atoms with Gasteiger partial charge in [0.2, 0.25) is 100 Å². The molecule has 43 heteroatoms. The summed E-state index contributed by atoms with van der Waals surface area (Å²) in [6.07, 6.45) is -1.45. The van der Waals surface area contributed by atoms with E-state index < -0.39 is 243 Å². The van der Waals surface area contributed by atoms with E-state index in [1.807, 2.05) is 0 Å². The molecule has 11 rings (SSSR count). The van der Waals surface area contributed by atoms with Crippen LogP contribution in [-0.4, -0.2) is 407 Å². The molecule has 43 nitrogen and oxygen atoms in total. The summed E-state index contributed by atoms with van der Waals surface area (Å²) >= 11 is 0. The standard InChI is InChI=1S/C73H109N19O24/c74-16-2-1-9-44(82-68(111)46-11-4-18-83(46)56(98)29-77-64(107)52-24-40(94)35-89(52)71(114)48-13-6-20-85(48)58(100)30-78-63(106)51-23-39(93)34-88(51)69(112)45-10-3-17-75-45)62(105)76-28-57(99)84-19-5-12-47(84)70(113)90-36-41(95)25-53(90)65(108)79-31-59(101)86-21-7-14-49(86)72(115)91-37-42(96)26-54(91)66(109)80-32-60(102)87-22-8-15-50(87)73(116)92-38-43(97)27-55(92)67(110)81-33-61(103)104/h39-55,75,93-97H,1-38,74H2,(H,76,105)(H,77,107)(H,78,106)(H,79,108)(H,80,109)(H,81,110)(H,82,111)(H,103,104)/t39-,40-,41-,42-,43-,44+,45+,46+,47+,48+,49+,50+,51+,52+,53+,54+,55+/m1/s1. The van der Waals surface area contributed by atoms with Gasteiger partial charge in [0.1, 0.15) is 73.0 Å². The van der Waals surface area contributed by atoms with Crippen molar-refractivity contribution in [1.82, 2.24) is 91.5 Å². The van der Waals surface area contributed by atoms with Gasteiger partial charge in [-0.15, -0.1) is 0 Å². The lowest BCUT2D eigenvalue weighted by Crippen LogP contribution is -2.57. The number of carboxylic acids is 1. The lowest BCUT2D eigenvalue weighted by molar-refractivity contribution is -0.148. The van der Waals surface area contributed by atoms with Crippen LogP contribution in [0.1, 0.15) is 128 Å². The summed E-state index contributed by atoms with van der Waals surface area (Å²) in [6.45, 7) is -3.58. The molecule has 11 saturated heterocycles. The fourth-order valence-electron chi connectivity index (χ4n) is 18.2. The minimum atomic E-state index is -1.32. The Morgan fingerprint density at radius 1 is 0.328 bits per heavy atom. The second-order valence-electron chi connectivity index (χ2n) is 31.9. The van der Waals surface area contributed by atoms with Gasteiger partial charge in [-0.1, -0.05) is 0 Å². The highest BCUT2D eigenvalue weighted by Gasteiger charge is 2.52. The van der Waals surface area contributed by atoms with E-state index in [1.54, 1.807) is 0 Å². The summed E-state index contributed by atoms with van der Waals surface area (Å²) in [6, 6.07) is -13.3. The number of carboxylic acid groups (broad SMARTS) is 1.